The Labute approximate surface area is 93.7 Å². The Morgan fingerprint density at radius 2 is 2.06 bits per heavy atom. The van der Waals surface area contributed by atoms with Crippen LogP contribution in [0.1, 0.15) is 17.2 Å². The van der Waals surface area contributed by atoms with Crippen molar-refractivity contribution in [3.8, 4) is 0 Å². The lowest BCUT2D eigenvalue weighted by Crippen LogP contribution is -2.17. The Hall–Kier alpha value is -1.68. The summed E-state index contributed by atoms with van der Waals surface area (Å²) in [6.07, 6.45) is 3.72. The van der Waals surface area contributed by atoms with Crippen molar-refractivity contribution >= 4 is 0 Å². The number of hydrogen-bond donors (Lipinski definition) is 1. The molecule has 0 saturated carbocycles. The number of aromatic nitrogens is 2. The van der Waals surface area contributed by atoms with Gasteiger partial charge in [-0.2, -0.15) is 5.10 Å². The van der Waals surface area contributed by atoms with Gasteiger partial charge in [-0.3, -0.25) is 4.68 Å². The van der Waals surface area contributed by atoms with Crippen molar-refractivity contribution in [3.63, 3.8) is 0 Å². The fraction of sp³-hybridized carbons (Fsp3) is 0.250. The van der Waals surface area contributed by atoms with Gasteiger partial charge in [0, 0.05) is 12.2 Å². The van der Waals surface area contributed by atoms with Gasteiger partial charge in [-0.15, -0.1) is 0 Å². The van der Waals surface area contributed by atoms with Crippen molar-refractivity contribution in [2.24, 2.45) is 5.73 Å². The Kier molecular flexibility index (Phi) is 3.01. The molecule has 0 amide bonds. The molecule has 4 heteroatoms. The molecule has 1 aromatic heterocycles. The maximum absolute atomic E-state index is 12.7. The molecule has 1 unspecified atom stereocenters. The summed E-state index contributed by atoms with van der Waals surface area (Å²) in [7, 11) is 0. The van der Waals surface area contributed by atoms with Gasteiger partial charge >= 0.3 is 0 Å². The van der Waals surface area contributed by atoms with Crippen LogP contribution in [0.25, 0.3) is 0 Å². The van der Waals surface area contributed by atoms with Crippen molar-refractivity contribution in [3.05, 3.63) is 53.6 Å². The van der Waals surface area contributed by atoms with Crippen molar-refractivity contribution in [2.75, 3.05) is 0 Å². The highest BCUT2D eigenvalue weighted by Gasteiger charge is 2.07. The van der Waals surface area contributed by atoms with E-state index in [1.165, 1.54) is 12.1 Å². The molecule has 1 heterocycles. The van der Waals surface area contributed by atoms with Gasteiger partial charge in [0.05, 0.1) is 12.7 Å². The highest BCUT2D eigenvalue weighted by atomic mass is 19.1. The van der Waals surface area contributed by atoms with Crippen LogP contribution in [-0.4, -0.2) is 9.78 Å². The number of rotatable bonds is 3. The summed E-state index contributed by atoms with van der Waals surface area (Å²) in [6, 6.07) is 6.08. The van der Waals surface area contributed by atoms with Crippen LogP contribution in [0.15, 0.2) is 36.7 Å². The number of hydrogen-bond acceptors (Lipinski definition) is 2. The lowest BCUT2D eigenvalue weighted by molar-refractivity contribution is 0.526. The molecule has 0 spiro atoms. The van der Waals surface area contributed by atoms with E-state index >= 15 is 0 Å². The minimum Gasteiger partial charge on any atom is -0.322 e. The molecule has 0 aliphatic carbocycles. The first-order chi connectivity index (χ1) is 7.65. The smallest absolute Gasteiger partial charge is 0.123 e. The molecule has 84 valence electrons. The summed E-state index contributed by atoms with van der Waals surface area (Å²) in [6.45, 7) is 2.58. The Bertz CT molecular complexity index is 461. The van der Waals surface area contributed by atoms with Crippen LogP contribution < -0.4 is 5.73 Å². The quantitative estimate of drug-likeness (QED) is 0.858. The Morgan fingerprint density at radius 1 is 1.38 bits per heavy atom. The lowest BCUT2D eigenvalue weighted by Gasteiger charge is -2.11. The van der Waals surface area contributed by atoms with Crippen LogP contribution in [0.3, 0.4) is 0 Å². The maximum atomic E-state index is 12.7. The number of nitrogens with zero attached hydrogens (tertiary/aromatic N) is 2. The second-order valence-electron chi connectivity index (χ2n) is 3.90. The highest BCUT2D eigenvalue weighted by molar-refractivity contribution is 5.19. The zero-order valence-corrected chi connectivity index (χ0v) is 9.10. The minimum absolute atomic E-state index is 0.167. The van der Waals surface area contributed by atoms with Gasteiger partial charge in [0.2, 0.25) is 0 Å². The van der Waals surface area contributed by atoms with E-state index in [0.29, 0.717) is 6.54 Å². The molecular weight excluding hydrogens is 205 g/mol. The SMILES string of the molecule is Cc1cnn(CC(N)c2ccc(F)cc2)c1. The molecule has 0 fully saturated rings. The van der Waals surface area contributed by atoms with Gasteiger partial charge in [0.15, 0.2) is 0 Å². The predicted molar refractivity (Wildman–Crippen MR) is 60.3 cm³/mol. The topological polar surface area (TPSA) is 43.8 Å². The molecule has 3 nitrogen and oxygen atoms in total. The van der Waals surface area contributed by atoms with Gasteiger partial charge in [0.25, 0.3) is 0 Å². The number of benzene rings is 1. The van der Waals surface area contributed by atoms with E-state index in [-0.39, 0.29) is 11.9 Å². The predicted octanol–water partition coefficient (Wildman–Crippen LogP) is 2.03. The van der Waals surface area contributed by atoms with E-state index in [2.05, 4.69) is 5.10 Å². The molecule has 16 heavy (non-hydrogen) atoms. The number of halogens is 1. The van der Waals surface area contributed by atoms with Crippen LogP contribution in [0.5, 0.6) is 0 Å². The fourth-order valence-electron chi connectivity index (χ4n) is 1.58. The molecule has 2 rings (SSSR count). The van der Waals surface area contributed by atoms with Crippen molar-refractivity contribution in [1.29, 1.82) is 0 Å². The van der Waals surface area contributed by atoms with E-state index in [1.807, 2.05) is 13.1 Å². The average molecular weight is 219 g/mol. The van der Waals surface area contributed by atoms with Crippen molar-refractivity contribution in [1.82, 2.24) is 9.78 Å². The van der Waals surface area contributed by atoms with E-state index in [0.717, 1.165) is 11.1 Å². The van der Waals surface area contributed by atoms with E-state index in [4.69, 9.17) is 5.73 Å². The minimum atomic E-state index is -0.245. The summed E-state index contributed by atoms with van der Waals surface area (Å²) >= 11 is 0. The first-order valence-corrected chi connectivity index (χ1v) is 5.15. The van der Waals surface area contributed by atoms with Crippen LogP contribution in [0.2, 0.25) is 0 Å². The zero-order valence-electron chi connectivity index (χ0n) is 9.10. The maximum Gasteiger partial charge on any atom is 0.123 e. The molecular formula is C12H14FN3. The first-order valence-electron chi connectivity index (χ1n) is 5.15. The molecule has 2 N–H and O–H groups in total. The second kappa shape index (κ2) is 4.45. The molecule has 0 aliphatic rings. The van der Waals surface area contributed by atoms with E-state index < -0.39 is 0 Å². The Morgan fingerprint density at radius 3 is 2.62 bits per heavy atom. The van der Waals surface area contributed by atoms with Crippen molar-refractivity contribution in [2.45, 2.75) is 19.5 Å². The van der Waals surface area contributed by atoms with Crippen LogP contribution in [0.4, 0.5) is 4.39 Å². The Balaban J connectivity index is 2.08. The van der Waals surface area contributed by atoms with Crippen molar-refractivity contribution < 1.29 is 4.39 Å². The first kappa shape index (κ1) is 10.8. The van der Waals surface area contributed by atoms with Crippen LogP contribution in [0, 0.1) is 12.7 Å². The molecule has 2 aromatic rings. The van der Waals surface area contributed by atoms with Crippen LogP contribution >= 0.6 is 0 Å². The number of aryl methyl sites for hydroxylation is 1. The highest BCUT2D eigenvalue weighted by Crippen LogP contribution is 2.13. The van der Waals surface area contributed by atoms with Gasteiger partial charge in [-0.05, 0) is 30.2 Å². The molecule has 0 aliphatic heterocycles. The normalized spacial score (nSPS) is 12.7. The fourth-order valence-corrected chi connectivity index (χ4v) is 1.58. The second-order valence-corrected chi connectivity index (χ2v) is 3.90. The van der Waals surface area contributed by atoms with Gasteiger partial charge < -0.3 is 5.73 Å². The third-order valence-corrected chi connectivity index (χ3v) is 2.44. The lowest BCUT2D eigenvalue weighted by atomic mass is 10.1. The van der Waals surface area contributed by atoms with Gasteiger partial charge in [-0.1, -0.05) is 12.1 Å². The van der Waals surface area contributed by atoms with Gasteiger partial charge in [0.1, 0.15) is 5.82 Å². The monoisotopic (exact) mass is 219 g/mol. The molecule has 0 bridgehead atoms. The summed E-state index contributed by atoms with van der Waals surface area (Å²) < 4.78 is 14.5. The van der Waals surface area contributed by atoms with E-state index in [9.17, 15) is 4.39 Å². The third-order valence-electron chi connectivity index (χ3n) is 2.44. The van der Waals surface area contributed by atoms with Gasteiger partial charge in [-0.25, -0.2) is 4.39 Å². The average Bonchev–Trinajstić information content (AvgIpc) is 2.65. The molecule has 1 aromatic carbocycles. The standard InChI is InChI=1S/C12H14FN3/c1-9-6-15-16(7-9)8-12(14)10-2-4-11(13)5-3-10/h2-7,12H,8,14H2,1H3. The summed E-state index contributed by atoms with van der Waals surface area (Å²) in [5, 5.41) is 4.16. The van der Waals surface area contributed by atoms with E-state index in [1.54, 1.807) is 23.0 Å². The van der Waals surface area contributed by atoms with Crippen LogP contribution in [-0.2, 0) is 6.54 Å². The molecule has 0 radical (unpaired) electrons. The number of nitrogens with two attached hydrogens (primary N) is 1. The summed E-state index contributed by atoms with van der Waals surface area (Å²) in [4.78, 5) is 0. The summed E-state index contributed by atoms with van der Waals surface area (Å²) in [5.74, 6) is -0.245. The zero-order chi connectivity index (χ0) is 11.5. The third kappa shape index (κ3) is 2.46. The molecule has 1 atom stereocenters. The largest absolute Gasteiger partial charge is 0.322 e. The molecule has 0 saturated heterocycles. The summed E-state index contributed by atoms with van der Waals surface area (Å²) in [5.41, 5.74) is 8.02.